The van der Waals surface area contributed by atoms with Gasteiger partial charge in [-0.05, 0) is 71.2 Å². The summed E-state index contributed by atoms with van der Waals surface area (Å²) in [5.74, 6) is 1.42. The van der Waals surface area contributed by atoms with E-state index >= 15 is 0 Å². The van der Waals surface area contributed by atoms with Crippen molar-refractivity contribution in [1.29, 1.82) is 5.26 Å². The molecule has 33 heavy (non-hydrogen) atoms. The molecule has 3 heterocycles. The molecule has 2 aliphatic heterocycles. The maximum Gasteiger partial charge on any atom is 0.229 e. The Morgan fingerprint density at radius 2 is 2.24 bits per heavy atom. The molecule has 2 saturated heterocycles. The highest BCUT2D eigenvalue weighted by molar-refractivity contribution is 6.32. The quantitative estimate of drug-likeness (QED) is 0.549. The number of aliphatic hydroxyl groups is 1. The monoisotopic (exact) mass is 470 g/mol. The van der Waals surface area contributed by atoms with Crippen LogP contribution in [-0.2, 0) is 0 Å². The first-order valence-electron chi connectivity index (χ1n) is 11.4. The molecular formula is C24H31ClN6O2. The average Bonchev–Trinajstić information content (AvgIpc) is 3.24. The molecule has 8 nitrogen and oxygen atoms in total. The minimum atomic E-state index is -0.616. The van der Waals surface area contributed by atoms with Crippen molar-refractivity contribution in [2.24, 2.45) is 0 Å². The fraction of sp³-hybridized carbons (Fsp3) is 0.542. The number of fused-ring (bicyclic) bond motifs is 1. The van der Waals surface area contributed by atoms with Gasteiger partial charge in [0.15, 0.2) is 5.82 Å². The zero-order chi connectivity index (χ0) is 23.6. The number of hydrogen-bond donors (Lipinski definition) is 3. The van der Waals surface area contributed by atoms with Crippen LogP contribution in [0.3, 0.4) is 0 Å². The van der Waals surface area contributed by atoms with Gasteiger partial charge in [0.25, 0.3) is 0 Å². The summed E-state index contributed by atoms with van der Waals surface area (Å²) in [7, 11) is 0. The molecule has 1 aromatic carbocycles. The van der Waals surface area contributed by atoms with Gasteiger partial charge < -0.3 is 20.5 Å². The van der Waals surface area contributed by atoms with Crippen LogP contribution < -0.4 is 15.4 Å². The van der Waals surface area contributed by atoms with Gasteiger partial charge in [0.1, 0.15) is 23.4 Å². The summed E-state index contributed by atoms with van der Waals surface area (Å²) in [6.45, 7) is 7.56. The number of piperidine rings is 1. The Morgan fingerprint density at radius 1 is 1.42 bits per heavy atom. The van der Waals surface area contributed by atoms with Crippen LogP contribution in [0.2, 0.25) is 5.02 Å². The number of aliphatic hydroxyl groups excluding tert-OH is 1. The molecule has 0 spiro atoms. The van der Waals surface area contributed by atoms with Crippen LogP contribution in [0.15, 0.2) is 24.4 Å². The molecule has 3 atom stereocenters. The molecule has 0 aliphatic carbocycles. The topological polar surface area (TPSA) is 106 Å². The second kappa shape index (κ2) is 9.72. The average molecular weight is 471 g/mol. The SMILES string of the molecule is CC(O)COc1ccc(Nc2ncc(Cl)c(N[C@@H]3C[C@@H]4CCCN4C(C)(C)C3)n2)cc1C#N. The fourth-order valence-electron chi connectivity index (χ4n) is 5.00. The lowest BCUT2D eigenvalue weighted by atomic mass is 9.84. The number of nitrogens with one attached hydrogen (secondary N) is 2. The van der Waals surface area contributed by atoms with E-state index in [0.29, 0.717) is 39.8 Å². The molecule has 1 aromatic heterocycles. The van der Waals surface area contributed by atoms with E-state index in [-0.39, 0.29) is 18.2 Å². The van der Waals surface area contributed by atoms with Crippen molar-refractivity contribution in [2.75, 3.05) is 23.8 Å². The van der Waals surface area contributed by atoms with Crippen molar-refractivity contribution >= 4 is 29.1 Å². The smallest absolute Gasteiger partial charge is 0.229 e. The van der Waals surface area contributed by atoms with E-state index in [0.717, 1.165) is 12.8 Å². The highest BCUT2D eigenvalue weighted by Crippen LogP contribution is 2.39. The number of ether oxygens (including phenoxy) is 1. The number of rotatable bonds is 7. The Morgan fingerprint density at radius 3 is 3.00 bits per heavy atom. The van der Waals surface area contributed by atoms with Gasteiger partial charge in [-0.1, -0.05) is 11.6 Å². The third-order valence-electron chi connectivity index (χ3n) is 6.38. The Labute approximate surface area is 199 Å². The third kappa shape index (κ3) is 5.49. The van der Waals surface area contributed by atoms with Gasteiger partial charge in [-0.3, -0.25) is 4.90 Å². The number of anilines is 3. The van der Waals surface area contributed by atoms with E-state index in [1.807, 2.05) is 0 Å². The Balaban J connectivity index is 1.47. The van der Waals surface area contributed by atoms with E-state index in [1.54, 1.807) is 31.3 Å². The normalized spacial score (nSPS) is 22.8. The zero-order valence-electron chi connectivity index (χ0n) is 19.3. The Kier molecular flexibility index (Phi) is 6.94. The largest absolute Gasteiger partial charge is 0.490 e. The highest BCUT2D eigenvalue weighted by Gasteiger charge is 2.43. The van der Waals surface area contributed by atoms with E-state index in [2.05, 4.69) is 45.4 Å². The van der Waals surface area contributed by atoms with Crippen LogP contribution in [0.25, 0.3) is 0 Å². The number of nitriles is 1. The molecule has 2 aromatic rings. The van der Waals surface area contributed by atoms with Gasteiger partial charge in [-0.2, -0.15) is 10.2 Å². The van der Waals surface area contributed by atoms with Gasteiger partial charge >= 0.3 is 0 Å². The van der Waals surface area contributed by atoms with Crippen LogP contribution in [0.5, 0.6) is 5.75 Å². The first-order chi connectivity index (χ1) is 15.7. The molecule has 4 rings (SSSR count). The third-order valence-corrected chi connectivity index (χ3v) is 6.65. The molecule has 176 valence electrons. The van der Waals surface area contributed by atoms with E-state index in [1.165, 1.54) is 19.4 Å². The van der Waals surface area contributed by atoms with Crippen molar-refractivity contribution in [3.63, 3.8) is 0 Å². The van der Waals surface area contributed by atoms with Gasteiger partial charge in [0, 0.05) is 23.3 Å². The number of benzene rings is 1. The maximum atomic E-state index is 9.46. The predicted octanol–water partition coefficient (Wildman–Crippen LogP) is 4.32. The molecule has 1 unspecified atom stereocenters. The first kappa shape index (κ1) is 23.6. The summed E-state index contributed by atoms with van der Waals surface area (Å²) in [6.07, 6.45) is 5.56. The fourth-order valence-corrected chi connectivity index (χ4v) is 5.15. The van der Waals surface area contributed by atoms with E-state index in [4.69, 9.17) is 16.3 Å². The first-order valence-corrected chi connectivity index (χ1v) is 11.8. The van der Waals surface area contributed by atoms with Crippen LogP contribution in [0, 0.1) is 11.3 Å². The molecule has 0 saturated carbocycles. The van der Waals surface area contributed by atoms with E-state index < -0.39 is 6.10 Å². The van der Waals surface area contributed by atoms with Crippen molar-refractivity contribution < 1.29 is 9.84 Å². The lowest BCUT2D eigenvalue weighted by Crippen LogP contribution is -2.55. The van der Waals surface area contributed by atoms with Crippen molar-refractivity contribution in [3.05, 3.63) is 35.0 Å². The summed E-state index contributed by atoms with van der Waals surface area (Å²) < 4.78 is 5.50. The second-order valence-corrected chi connectivity index (χ2v) is 9.99. The Bertz CT molecular complexity index is 1040. The number of halogens is 1. The van der Waals surface area contributed by atoms with Crippen LogP contribution in [0.4, 0.5) is 17.5 Å². The molecule has 9 heteroatoms. The van der Waals surface area contributed by atoms with Crippen molar-refractivity contribution in [3.8, 4) is 11.8 Å². The molecule has 2 aliphatic rings. The summed E-state index contributed by atoms with van der Waals surface area (Å²) in [4.78, 5) is 11.5. The number of aromatic nitrogens is 2. The lowest BCUT2D eigenvalue weighted by Gasteiger charge is -2.47. The van der Waals surface area contributed by atoms with Gasteiger partial charge in [-0.25, -0.2) is 4.98 Å². The van der Waals surface area contributed by atoms with Crippen LogP contribution >= 0.6 is 11.6 Å². The van der Waals surface area contributed by atoms with Crippen LogP contribution in [0.1, 0.15) is 52.0 Å². The molecule has 0 radical (unpaired) electrons. The zero-order valence-corrected chi connectivity index (χ0v) is 20.1. The van der Waals surface area contributed by atoms with Gasteiger partial charge in [0.2, 0.25) is 5.95 Å². The molecule has 0 amide bonds. The minimum absolute atomic E-state index is 0.118. The van der Waals surface area contributed by atoms with Crippen molar-refractivity contribution in [1.82, 2.24) is 14.9 Å². The number of hydrogen-bond acceptors (Lipinski definition) is 8. The van der Waals surface area contributed by atoms with Crippen molar-refractivity contribution in [2.45, 2.75) is 70.2 Å². The number of nitrogens with zero attached hydrogens (tertiary/aromatic N) is 4. The minimum Gasteiger partial charge on any atom is -0.490 e. The molecule has 3 N–H and O–H groups in total. The predicted molar refractivity (Wildman–Crippen MR) is 129 cm³/mol. The summed E-state index contributed by atoms with van der Waals surface area (Å²) in [6, 6.07) is 8.15. The highest BCUT2D eigenvalue weighted by atomic mass is 35.5. The second-order valence-electron chi connectivity index (χ2n) is 9.58. The van der Waals surface area contributed by atoms with Gasteiger partial charge in [0.05, 0.1) is 17.9 Å². The molecular weight excluding hydrogens is 440 g/mol. The molecule has 0 bridgehead atoms. The maximum absolute atomic E-state index is 9.46. The summed E-state index contributed by atoms with van der Waals surface area (Å²) >= 11 is 6.42. The summed E-state index contributed by atoms with van der Waals surface area (Å²) in [5.41, 5.74) is 1.16. The molecule has 2 fully saturated rings. The summed E-state index contributed by atoms with van der Waals surface area (Å²) in [5, 5.41) is 26.1. The van der Waals surface area contributed by atoms with Gasteiger partial charge in [-0.15, -0.1) is 0 Å². The Hall–Kier alpha value is -2.60. The van der Waals surface area contributed by atoms with Crippen LogP contribution in [-0.4, -0.2) is 56.9 Å². The standard InChI is InChI=1S/C24H31ClN6O2/c1-15(32)14-33-21-7-6-17(9-16(21)12-26)29-23-27-13-20(25)22(30-23)28-18-10-19-5-4-8-31(19)24(2,3)11-18/h6-7,9,13,15,18-19,32H,4-5,8,10-11,14H2,1-3H3,(H2,27,28,29,30)/t15?,18-,19+/m1/s1. The van der Waals surface area contributed by atoms with E-state index in [9.17, 15) is 10.4 Å². The lowest BCUT2D eigenvalue weighted by molar-refractivity contribution is 0.0501.